The summed E-state index contributed by atoms with van der Waals surface area (Å²) in [5.74, 6) is 1.43. The maximum absolute atomic E-state index is 11.2. The van der Waals surface area contributed by atoms with Crippen molar-refractivity contribution in [3.8, 4) is 11.6 Å². The van der Waals surface area contributed by atoms with Gasteiger partial charge in [-0.2, -0.15) is 0 Å². The van der Waals surface area contributed by atoms with Gasteiger partial charge in [0.05, 0.1) is 10.9 Å². The Hall–Kier alpha value is -2.62. The van der Waals surface area contributed by atoms with Gasteiger partial charge in [0.1, 0.15) is 12.0 Å². The number of aromatic nitrogens is 2. The molecule has 0 aliphatic rings. The second-order valence-corrected chi connectivity index (χ2v) is 7.55. The van der Waals surface area contributed by atoms with Crippen molar-refractivity contribution in [2.24, 2.45) is 0 Å². The van der Waals surface area contributed by atoms with Gasteiger partial charge in [0.2, 0.25) is 5.88 Å². The SMILES string of the molecule is CCc1cn(C(CC)CC)c2cc(C)nc(Oc3c(C)cc(C=O)cc3C)c12. The maximum Gasteiger partial charge on any atom is 0.229 e. The number of carbonyl (C=O) groups is 1. The summed E-state index contributed by atoms with van der Waals surface area (Å²) in [6, 6.07) is 6.35. The van der Waals surface area contributed by atoms with E-state index in [1.165, 1.54) is 11.1 Å². The zero-order valence-electron chi connectivity index (χ0n) is 17.8. The fourth-order valence-corrected chi connectivity index (χ4v) is 4.07. The number of fused-ring (bicyclic) bond motifs is 1. The van der Waals surface area contributed by atoms with Crippen LogP contribution in [0.25, 0.3) is 10.9 Å². The van der Waals surface area contributed by atoms with Gasteiger partial charge >= 0.3 is 0 Å². The molecule has 4 heteroatoms. The largest absolute Gasteiger partial charge is 0.438 e. The van der Waals surface area contributed by atoms with Crippen LogP contribution in [0.5, 0.6) is 11.6 Å². The Kier molecular flexibility index (Phi) is 5.87. The molecule has 3 rings (SSSR count). The number of pyridine rings is 1. The number of benzene rings is 1. The van der Waals surface area contributed by atoms with E-state index in [0.29, 0.717) is 17.5 Å². The molecule has 2 heterocycles. The van der Waals surface area contributed by atoms with Crippen molar-refractivity contribution >= 4 is 17.2 Å². The van der Waals surface area contributed by atoms with Crippen LogP contribution >= 0.6 is 0 Å². The molecule has 0 aliphatic heterocycles. The Labute approximate surface area is 167 Å². The average Bonchev–Trinajstić information content (AvgIpc) is 3.04. The van der Waals surface area contributed by atoms with Crippen LogP contribution in [0.15, 0.2) is 24.4 Å². The van der Waals surface area contributed by atoms with Crippen molar-refractivity contribution in [3.63, 3.8) is 0 Å². The number of nitrogens with zero attached hydrogens (tertiary/aromatic N) is 2. The highest BCUT2D eigenvalue weighted by Gasteiger charge is 2.20. The minimum atomic E-state index is 0.466. The lowest BCUT2D eigenvalue weighted by Crippen LogP contribution is -2.05. The summed E-state index contributed by atoms with van der Waals surface area (Å²) >= 11 is 0. The first kappa shape index (κ1) is 20.1. The molecule has 148 valence electrons. The molecule has 0 spiro atoms. The monoisotopic (exact) mass is 378 g/mol. The van der Waals surface area contributed by atoms with Gasteiger partial charge in [0.25, 0.3) is 0 Å². The number of aldehydes is 1. The lowest BCUT2D eigenvalue weighted by atomic mass is 10.1. The molecule has 0 saturated carbocycles. The van der Waals surface area contributed by atoms with Crippen LogP contribution in [0.1, 0.15) is 72.4 Å². The molecule has 28 heavy (non-hydrogen) atoms. The van der Waals surface area contributed by atoms with Gasteiger partial charge in [-0.25, -0.2) is 4.98 Å². The first-order chi connectivity index (χ1) is 13.4. The number of ether oxygens (including phenoxy) is 1. The first-order valence-electron chi connectivity index (χ1n) is 10.2. The minimum Gasteiger partial charge on any atom is -0.438 e. The lowest BCUT2D eigenvalue weighted by molar-refractivity contribution is 0.112. The van der Waals surface area contributed by atoms with Crippen LogP contribution in [-0.4, -0.2) is 15.8 Å². The summed E-state index contributed by atoms with van der Waals surface area (Å²) in [4.78, 5) is 15.9. The fourth-order valence-electron chi connectivity index (χ4n) is 4.07. The van der Waals surface area contributed by atoms with Gasteiger partial charge in [-0.1, -0.05) is 20.8 Å². The smallest absolute Gasteiger partial charge is 0.229 e. The summed E-state index contributed by atoms with van der Waals surface area (Å²) in [5.41, 5.74) is 5.93. The highest BCUT2D eigenvalue weighted by atomic mass is 16.5. The third kappa shape index (κ3) is 3.56. The third-order valence-electron chi connectivity index (χ3n) is 5.52. The average molecular weight is 379 g/mol. The lowest BCUT2D eigenvalue weighted by Gasteiger charge is -2.17. The minimum absolute atomic E-state index is 0.466. The molecule has 0 unspecified atom stereocenters. The number of rotatable bonds is 7. The van der Waals surface area contributed by atoms with Gasteiger partial charge in [-0.05, 0) is 74.9 Å². The molecular formula is C24H30N2O2. The van der Waals surface area contributed by atoms with E-state index in [1.54, 1.807) is 0 Å². The quantitative estimate of drug-likeness (QED) is 0.441. The Balaban J connectivity index is 2.21. The highest BCUT2D eigenvalue weighted by Crippen LogP contribution is 2.37. The predicted octanol–water partition coefficient (Wildman–Crippen LogP) is 6.49. The van der Waals surface area contributed by atoms with Crippen molar-refractivity contribution in [1.29, 1.82) is 0 Å². The normalized spacial score (nSPS) is 11.4. The fraction of sp³-hybridized carbons (Fsp3) is 0.417. The van der Waals surface area contributed by atoms with Gasteiger partial charge in [0.15, 0.2) is 0 Å². The number of hydrogen-bond donors (Lipinski definition) is 0. The van der Waals surface area contributed by atoms with E-state index in [9.17, 15) is 4.79 Å². The molecule has 0 aliphatic carbocycles. The van der Waals surface area contributed by atoms with E-state index >= 15 is 0 Å². The van der Waals surface area contributed by atoms with E-state index in [0.717, 1.165) is 53.5 Å². The topological polar surface area (TPSA) is 44.1 Å². The zero-order chi connectivity index (χ0) is 20.4. The van der Waals surface area contributed by atoms with Crippen LogP contribution in [0, 0.1) is 20.8 Å². The molecular weight excluding hydrogens is 348 g/mol. The van der Waals surface area contributed by atoms with Crippen LogP contribution in [-0.2, 0) is 6.42 Å². The van der Waals surface area contributed by atoms with E-state index in [4.69, 9.17) is 9.72 Å². The van der Waals surface area contributed by atoms with Crippen molar-refractivity contribution in [1.82, 2.24) is 9.55 Å². The first-order valence-corrected chi connectivity index (χ1v) is 10.2. The molecule has 0 amide bonds. The molecule has 0 atom stereocenters. The summed E-state index contributed by atoms with van der Waals surface area (Å²) in [6.45, 7) is 12.6. The van der Waals surface area contributed by atoms with Crippen LogP contribution < -0.4 is 4.74 Å². The van der Waals surface area contributed by atoms with Crippen molar-refractivity contribution in [2.75, 3.05) is 0 Å². The van der Waals surface area contributed by atoms with Crippen LogP contribution in [0.3, 0.4) is 0 Å². The van der Waals surface area contributed by atoms with E-state index in [-0.39, 0.29) is 0 Å². The Bertz CT molecular complexity index is 990. The summed E-state index contributed by atoms with van der Waals surface area (Å²) in [5, 5.41) is 1.10. The molecule has 0 saturated heterocycles. The number of carbonyl (C=O) groups excluding carboxylic acids is 1. The second kappa shape index (κ2) is 8.17. The number of hydrogen-bond acceptors (Lipinski definition) is 3. The van der Waals surface area contributed by atoms with E-state index in [1.807, 2.05) is 32.9 Å². The predicted molar refractivity (Wildman–Crippen MR) is 115 cm³/mol. The van der Waals surface area contributed by atoms with Crippen molar-refractivity contribution in [3.05, 3.63) is 52.3 Å². The van der Waals surface area contributed by atoms with Gasteiger partial charge in [-0.3, -0.25) is 4.79 Å². The van der Waals surface area contributed by atoms with Gasteiger partial charge in [-0.15, -0.1) is 0 Å². The Morgan fingerprint density at radius 3 is 2.25 bits per heavy atom. The van der Waals surface area contributed by atoms with Gasteiger partial charge < -0.3 is 9.30 Å². The maximum atomic E-state index is 11.2. The van der Waals surface area contributed by atoms with Crippen molar-refractivity contribution in [2.45, 2.75) is 66.8 Å². The highest BCUT2D eigenvalue weighted by molar-refractivity contribution is 5.89. The summed E-state index contributed by atoms with van der Waals surface area (Å²) in [6.07, 6.45) is 6.24. The van der Waals surface area contributed by atoms with Crippen molar-refractivity contribution < 1.29 is 9.53 Å². The van der Waals surface area contributed by atoms with Crippen LogP contribution in [0.4, 0.5) is 0 Å². The second-order valence-electron chi connectivity index (χ2n) is 7.55. The Morgan fingerprint density at radius 2 is 1.71 bits per heavy atom. The molecule has 0 radical (unpaired) electrons. The molecule has 0 fully saturated rings. The van der Waals surface area contributed by atoms with Gasteiger partial charge in [0, 0.05) is 23.5 Å². The zero-order valence-corrected chi connectivity index (χ0v) is 17.8. The molecule has 4 nitrogen and oxygen atoms in total. The molecule has 3 aromatic rings. The van der Waals surface area contributed by atoms with E-state index in [2.05, 4.69) is 37.6 Å². The third-order valence-corrected chi connectivity index (χ3v) is 5.52. The number of aryl methyl sites for hydroxylation is 4. The van der Waals surface area contributed by atoms with Crippen LogP contribution in [0.2, 0.25) is 0 Å². The standard InChI is InChI=1S/C24H30N2O2/c1-7-19-13-26(20(8-2)9-3)21-12-17(6)25-24(22(19)21)28-23-15(4)10-18(14-27)11-16(23)5/h10-14,20H,7-9H2,1-6H3. The molecule has 0 N–H and O–H groups in total. The summed E-state index contributed by atoms with van der Waals surface area (Å²) < 4.78 is 8.79. The molecule has 0 bridgehead atoms. The molecule has 1 aromatic carbocycles. The Morgan fingerprint density at radius 1 is 1.07 bits per heavy atom. The van der Waals surface area contributed by atoms with E-state index < -0.39 is 0 Å². The summed E-state index contributed by atoms with van der Waals surface area (Å²) in [7, 11) is 0. The molecule has 2 aromatic heterocycles.